The molecule has 3 aliphatic rings. The van der Waals surface area contributed by atoms with Crippen LogP contribution in [0.15, 0.2) is 182 Å². The average molecular weight is 2070 g/mol. The number of likely N-dealkylation sites (tertiary alicyclic amines) is 3. The van der Waals surface area contributed by atoms with E-state index < -0.39 is 11.7 Å². The van der Waals surface area contributed by atoms with E-state index in [1.807, 2.05) is 60.7 Å². The van der Waals surface area contributed by atoms with Crippen molar-refractivity contribution in [2.75, 3.05) is 190 Å². The van der Waals surface area contributed by atoms with Crippen molar-refractivity contribution in [2.45, 2.75) is 225 Å². The highest BCUT2D eigenvalue weighted by atomic mass is 35.5. The highest BCUT2D eigenvalue weighted by molar-refractivity contribution is 6.30. The molecule has 3 saturated heterocycles. The Balaban J connectivity index is 0.000000190. The zero-order valence-electron chi connectivity index (χ0n) is 91.4. The van der Waals surface area contributed by atoms with E-state index in [0.717, 1.165) is 352 Å². The number of aryl methyl sites for hydroxylation is 5. The van der Waals surface area contributed by atoms with Gasteiger partial charge in [-0.05, 0) is 309 Å². The van der Waals surface area contributed by atoms with E-state index in [9.17, 15) is 13.2 Å². The first kappa shape index (κ1) is 115. The third-order valence-corrected chi connectivity index (χ3v) is 28.8. The zero-order chi connectivity index (χ0) is 105. The van der Waals surface area contributed by atoms with Crippen LogP contribution < -0.4 is 47.4 Å². The van der Waals surface area contributed by atoms with Crippen LogP contribution in [0.5, 0.6) is 69.0 Å². The van der Waals surface area contributed by atoms with Crippen LogP contribution in [0.25, 0.3) is 61.8 Å². The number of hydrogen-bond acceptors (Lipinski definition) is 20. The number of imidazole rings is 3. The maximum absolute atomic E-state index is 13.8. The van der Waals surface area contributed by atoms with Crippen LogP contribution in [0.2, 0.25) is 5.02 Å². The Morgan fingerprint density at radius 2 is 0.725 bits per heavy atom. The molecule has 0 amide bonds. The average Bonchev–Trinajstić information content (AvgIpc) is 1.61. The number of benzene rings is 9. The van der Waals surface area contributed by atoms with Crippen molar-refractivity contribution in [2.24, 2.45) is 0 Å². The summed E-state index contributed by atoms with van der Waals surface area (Å²) in [5.74, 6) is 10.9. The van der Waals surface area contributed by atoms with Gasteiger partial charge in [0.05, 0.1) is 66.5 Å². The van der Waals surface area contributed by atoms with Crippen molar-refractivity contribution in [3.63, 3.8) is 0 Å². The lowest BCUT2D eigenvalue weighted by atomic mass is 10.1. The molecule has 27 heteroatoms. The van der Waals surface area contributed by atoms with Gasteiger partial charge in [-0.15, -0.1) is 0 Å². The predicted octanol–water partition coefficient (Wildman–Crippen LogP) is 27.3. The summed E-state index contributed by atoms with van der Waals surface area (Å²) in [5.41, 5.74) is 10.3. The van der Waals surface area contributed by atoms with Crippen molar-refractivity contribution in [3.05, 3.63) is 215 Å². The molecule has 15 rings (SSSR count). The first-order valence-electron chi connectivity index (χ1n) is 55.8. The molecule has 0 saturated carbocycles. The molecule has 3 aliphatic heterocycles. The lowest BCUT2D eigenvalue weighted by Gasteiger charge is -2.19. The Morgan fingerprint density at radius 3 is 1.18 bits per heavy atom. The van der Waals surface area contributed by atoms with Crippen LogP contribution in [0, 0.1) is 13.8 Å². The minimum absolute atomic E-state index is 0.103. The van der Waals surface area contributed by atoms with Crippen LogP contribution in [-0.4, -0.2) is 253 Å². The molecule has 808 valence electrons. The molecule has 0 atom stereocenters. The van der Waals surface area contributed by atoms with Gasteiger partial charge in [0.1, 0.15) is 106 Å². The zero-order valence-corrected chi connectivity index (χ0v) is 92.1. The largest absolute Gasteiger partial charge is 0.494 e. The van der Waals surface area contributed by atoms with Gasteiger partial charge in [0, 0.05) is 131 Å². The highest BCUT2D eigenvalue weighted by Crippen LogP contribution is 2.44. The molecule has 0 bridgehead atoms. The molecule has 3 fully saturated rings. The van der Waals surface area contributed by atoms with Gasteiger partial charge < -0.3 is 80.7 Å². The first-order chi connectivity index (χ1) is 72.7. The molecule has 149 heavy (non-hydrogen) atoms. The number of ether oxygens (including phenoxy) is 10. The quantitative estimate of drug-likeness (QED) is 0.0330. The van der Waals surface area contributed by atoms with Crippen LogP contribution in [0.4, 0.5) is 13.2 Å². The Kier molecular flexibility index (Phi) is 47.0. The lowest BCUT2D eigenvalue weighted by Crippen LogP contribution is -2.25. The molecular weight excluding hydrogens is 1900 g/mol. The highest BCUT2D eigenvalue weighted by Gasteiger charge is 2.34. The number of fused-ring (bicyclic) bond motifs is 2. The van der Waals surface area contributed by atoms with E-state index in [-0.39, 0.29) is 11.3 Å². The monoisotopic (exact) mass is 2070 g/mol. The van der Waals surface area contributed by atoms with Gasteiger partial charge in [-0.2, -0.15) is 13.2 Å². The van der Waals surface area contributed by atoms with Gasteiger partial charge >= 0.3 is 6.18 Å². The summed E-state index contributed by atoms with van der Waals surface area (Å²) in [6.45, 7) is 55.5. The van der Waals surface area contributed by atoms with Crippen LogP contribution in [0.1, 0.15) is 207 Å². The summed E-state index contributed by atoms with van der Waals surface area (Å²) in [5, 5.41) is 0.742. The van der Waals surface area contributed by atoms with Crippen molar-refractivity contribution in [3.8, 4) is 109 Å². The number of hydrogen-bond donors (Lipinski definition) is 0. The van der Waals surface area contributed by atoms with E-state index in [1.165, 1.54) is 62.6 Å². The maximum Gasteiger partial charge on any atom is 0.416 e. The van der Waals surface area contributed by atoms with Crippen molar-refractivity contribution in [1.82, 2.24) is 63.0 Å². The van der Waals surface area contributed by atoms with Gasteiger partial charge in [-0.3, -0.25) is 14.7 Å². The normalized spacial score (nSPS) is 13.6. The van der Waals surface area contributed by atoms with E-state index in [4.69, 9.17) is 73.9 Å². The molecule has 0 spiro atoms. The number of aromatic nitrogens is 6. The number of alkyl halides is 3. The van der Waals surface area contributed by atoms with Crippen LogP contribution in [-0.2, 0) is 32.1 Å². The Labute approximate surface area is 890 Å². The molecule has 0 aliphatic carbocycles. The first-order valence-corrected chi connectivity index (χ1v) is 56.2. The summed E-state index contributed by atoms with van der Waals surface area (Å²) >= 11 is 6.11. The second-order valence-corrected chi connectivity index (χ2v) is 39.6. The third kappa shape index (κ3) is 35.0. The third-order valence-electron chi connectivity index (χ3n) is 28.5. The summed E-state index contributed by atoms with van der Waals surface area (Å²) in [6.07, 6.45) is 16.8. The van der Waals surface area contributed by atoms with Crippen LogP contribution >= 0.6 is 11.6 Å². The molecule has 6 heterocycles. The summed E-state index contributed by atoms with van der Waals surface area (Å²) < 4.78 is 112. The van der Waals surface area contributed by atoms with Gasteiger partial charge in [-0.1, -0.05) is 143 Å². The second-order valence-electron chi connectivity index (χ2n) is 39.1. The van der Waals surface area contributed by atoms with E-state index in [1.54, 1.807) is 18.2 Å². The maximum atomic E-state index is 13.8. The topological polar surface area (TPSA) is 168 Å². The van der Waals surface area contributed by atoms with E-state index >= 15 is 0 Å². The fourth-order valence-corrected chi connectivity index (χ4v) is 19.5. The standard InChI is InChI=1S/C45H64F3N5O4.C44H62ClN5O4.C33H41N3O2/c1-7-12-25-53-40-31-37(54-27-15-23-50(8-2)9-3)33-42(55-28-16-24-51(10-4)11-5)43(40)49-44(53)38-20-19-36(32-41(38)56-29-26-52-21-13-14-22-52)57-35-18-17-34(6)39(30-35)45(46,47)48;1-4-7-25-50-40-32-38(51-28-12-24-47(5-2)6-3)34-42(54-31-27-49-22-10-11-23-49)43(40)46-44(50)39-18-17-37(52-29-19-35-13-15-36(45)16-14-35)33-41(39)53-30-26-48-20-8-9-21-48;1-5-8-10-33-34-32(27-13-19-29(20-14-27)37-24-9-23-35(6-2)7-3)25-36(33)28-15-21-31(22-16-28)38-30-17-11-26(4)12-18-30/h17-20,30-33H,7-16,21-29H2,1-6H3;13-18,32-34H,4-12,19-31H2,1-3H3;11-22,25H,5-10,23-24H2,1-4H3. The van der Waals surface area contributed by atoms with Crippen molar-refractivity contribution >= 4 is 33.7 Å². The van der Waals surface area contributed by atoms with Gasteiger partial charge in [0.25, 0.3) is 0 Å². The predicted molar refractivity (Wildman–Crippen MR) is 601 cm³/mol. The molecule has 3 aromatic heterocycles. The fraction of sp³-hybridized carbons (Fsp3) is 0.516. The number of rotatable bonds is 61. The van der Waals surface area contributed by atoms with Gasteiger partial charge in [-0.25, -0.2) is 15.0 Å². The number of unbranched alkanes of at least 4 members (excludes halogenated alkanes) is 3. The molecule has 12 aromatic rings. The SMILES string of the molecule is CCCCc1nc(-c2ccc(OCCCN(CC)CC)cc2)cn1-c1ccc(Oc2ccc(C)cc2)cc1.CCCCn1c(-c2ccc(OCCc3ccc(Cl)cc3)cc2OCCN2CCCC2)nc2c(OCCN3CCCC3)cc(OCCCN(CC)CC)cc21.CCCCn1c(-c2ccc(Oc3ccc(C)c(C(F)(F)F)c3)cc2OCCN2CCCC2)nc2c(OCCCN(CC)CC)cc(OCCCN(CC)CC)cc21. The van der Waals surface area contributed by atoms with E-state index in [0.29, 0.717) is 70.0 Å². The molecule has 0 N–H and O–H groups in total. The minimum Gasteiger partial charge on any atom is -0.494 e. The molecule has 9 aromatic carbocycles. The molecule has 0 unspecified atom stereocenters. The molecule has 0 radical (unpaired) electrons. The number of halogens is 4. The Hall–Kier alpha value is -11.1. The fourth-order valence-electron chi connectivity index (χ4n) is 19.4. The summed E-state index contributed by atoms with van der Waals surface area (Å²) in [7, 11) is 0. The Morgan fingerprint density at radius 1 is 0.342 bits per heavy atom. The molecular formula is C122H167ClF3N13O10. The Bertz CT molecular complexity index is 5930. The van der Waals surface area contributed by atoms with Crippen molar-refractivity contribution < 1.29 is 60.5 Å². The summed E-state index contributed by atoms with van der Waals surface area (Å²) in [6, 6.07) is 56.6. The lowest BCUT2D eigenvalue weighted by molar-refractivity contribution is -0.138. The van der Waals surface area contributed by atoms with Gasteiger partial charge in [0.2, 0.25) is 0 Å². The molecule has 23 nitrogen and oxygen atoms in total. The van der Waals surface area contributed by atoms with Crippen molar-refractivity contribution in [1.29, 1.82) is 0 Å². The van der Waals surface area contributed by atoms with Gasteiger partial charge in [0.15, 0.2) is 11.5 Å². The van der Waals surface area contributed by atoms with E-state index in [2.05, 4.69) is 222 Å². The number of nitrogens with zero attached hydrogens (tertiary/aromatic N) is 13. The summed E-state index contributed by atoms with van der Waals surface area (Å²) in [4.78, 5) is 32.7. The second kappa shape index (κ2) is 60.8. The minimum atomic E-state index is -4.49. The smallest absolute Gasteiger partial charge is 0.416 e. The van der Waals surface area contributed by atoms with Crippen LogP contribution in [0.3, 0.4) is 0 Å².